The molecule has 0 unspecified atom stereocenters. The first-order valence-corrected chi connectivity index (χ1v) is 12.0. The van der Waals surface area contributed by atoms with Crippen LogP contribution >= 0.6 is 22.7 Å². The van der Waals surface area contributed by atoms with E-state index in [1.54, 1.807) is 35.8 Å². The standard InChI is InChI=1S/C26H19N3O2S2/c1-18-12-13-23-24(15-18)33-26(28-23)29(27-17-22-11-6-14-32-22)25(30)19-7-5-10-21(16-19)31-20-8-3-2-4-9-20/h2-17H,1H3/b27-17+. The van der Waals surface area contributed by atoms with Crippen LogP contribution in [0.4, 0.5) is 5.13 Å². The van der Waals surface area contributed by atoms with Gasteiger partial charge in [-0.05, 0) is 66.4 Å². The van der Waals surface area contributed by atoms with Crippen LogP contribution in [-0.4, -0.2) is 17.1 Å². The molecule has 3 aromatic carbocycles. The summed E-state index contributed by atoms with van der Waals surface area (Å²) in [6, 6.07) is 26.5. The van der Waals surface area contributed by atoms with Crippen molar-refractivity contribution in [3.05, 3.63) is 106 Å². The van der Waals surface area contributed by atoms with Crippen LogP contribution in [0.2, 0.25) is 0 Å². The molecule has 5 nitrogen and oxygen atoms in total. The van der Waals surface area contributed by atoms with E-state index in [0.29, 0.717) is 22.2 Å². The van der Waals surface area contributed by atoms with Crippen molar-refractivity contribution in [2.24, 2.45) is 5.10 Å². The van der Waals surface area contributed by atoms with Gasteiger partial charge >= 0.3 is 0 Å². The zero-order chi connectivity index (χ0) is 22.6. The number of carbonyl (C=O) groups is 1. The Labute approximate surface area is 199 Å². The highest BCUT2D eigenvalue weighted by Crippen LogP contribution is 2.31. The minimum absolute atomic E-state index is 0.280. The number of para-hydroxylation sites is 1. The summed E-state index contributed by atoms with van der Waals surface area (Å²) in [6.45, 7) is 2.04. The highest BCUT2D eigenvalue weighted by atomic mass is 32.1. The topological polar surface area (TPSA) is 54.8 Å². The third-order valence-electron chi connectivity index (χ3n) is 4.81. The SMILES string of the molecule is Cc1ccc2nc(N(/N=C/c3cccs3)C(=O)c3cccc(Oc4ccccc4)c3)sc2c1. The third kappa shape index (κ3) is 4.84. The van der Waals surface area contributed by atoms with Crippen LogP contribution in [0.5, 0.6) is 11.5 Å². The average molecular weight is 470 g/mol. The number of hydrogen-bond acceptors (Lipinski definition) is 6. The lowest BCUT2D eigenvalue weighted by Gasteiger charge is -2.14. The predicted octanol–water partition coefficient (Wildman–Crippen LogP) is 7.14. The summed E-state index contributed by atoms with van der Waals surface area (Å²) in [5, 5.41) is 8.37. The molecule has 2 heterocycles. The Morgan fingerprint density at radius 1 is 0.970 bits per heavy atom. The predicted molar refractivity (Wildman–Crippen MR) is 136 cm³/mol. The Bertz CT molecular complexity index is 1430. The van der Waals surface area contributed by atoms with Crippen molar-refractivity contribution in [3.8, 4) is 11.5 Å². The molecule has 33 heavy (non-hydrogen) atoms. The molecule has 0 aliphatic rings. The van der Waals surface area contributed by atoms with Gasteiger partial charge in [0.25, 0.3) is 5.91 Å². The second-order valence-corrected chi connectivity index (χ2v) is 9.28. The van der Waals surface area contributed by atoms with Gasteiger partial charge in [-0.3, -0.25) is 4.79 Å². The Morgan fingerprint density at radius 2 is 1.82 bits per heavy atom. The van der Waals surface area contributed by atoms with E-state index in [1.165, 1.54) is 16.3 Å². The smallest absolute Gasteiger partial charge is 0.280 e. The van der Waals surface area contributed by atoms with Crippen molar-refractivity contribution >= 4 is 50.1 Å². The first kappa shape index (κ1) is 21.1. The van der Waals surface area contributed by atoms with Crippen LogP contribution in [0.15, 0.2) is 95.4 Å². The number of anilines is 1. The minimum atomic E-state index is -0.280. The van der Waals surface area contributed by atoms with Gasteiger partial charge in [0.1, 0.15) is 11.5 Å². The number of hydrogen-bond donors (Lipinski definition) is 0. The van der Waals surface area contributed by atoms with Gasteiger partial charge < -0.3 is 4.74 Å². The zero-order valence-electron chi connectivity index (χ0n) is 17.7. The number of carbonyl (C=O) groups excluding carboxylic acids is 1. The van der Waals surface area contributed by atoms with E-state index in [2.05, 4.69) is 16.2 Å². The van der Waals surface area contributed by atoms with Crippen LogP contribution in [-0.2, 0) is 0 Å². The number of thiophene rings is 1. The Morgan fingerprint density at radius 3 is 2.64 bits per heavy atom. The first-order valence-electron chi connectivity index (χ1n) is 10.3. The second-order valence-electron chi connectivity index (χ2n) is 7.29. The van der Waals surface area contributed by atoms with Gasteiger partial charge in [0, 0.05) is 10.4 Å². The summed E-state index contributed by atoms with van der Waals surface area (Å²) in [7, 11) is 0. The molecular weight excluding hydrogens is 450 g/mol. The molecule has 0 aliphatic heterocycles. The van der Waals surface area contributed by atoms with Gasteiger partial charge in [0.05, 0.1) is 16.4 Å². The highest BCUT2D eigenvalue weighted by molar-refractivity contribution is 7.22. The molecule has 0 aliphatic carbocycles. The molecular formula is C26H19N3O2S2. The Kier molecular flexibility index (Phi) is 5.97. The minimum Gasteiger partial charge on any atom is -0.457 e. The molecule has 7 heteroatoms. The lowest BCUT2D eigenvalue weighted by atomic mass is 10.2. The van der Waals surface area contributed by atoms with Crippen molar-refractivity contribution in [3.63, 3.8) is 0 Å². The quantitative estimate of drug-likeness (QED) is 0.196. The second kappa shape index (κ2) is 9.36. The lowest BCUT2D eigenvalue weighted by Crippen LogP contribution is -2.25. The zero-order valence-corrected chi connectivity index (χ0v) is 19.3. The van der Waals surface area contributed by atoms with Gasteiger partial charge in [0.2, 0.25) is 5.13 Å². The number of amides is 1. The monoisotopic (exact) mass is 469 g/mol. The third-order valence-corrected chi connectivity index (χ3v) is 6.61. The first-order chi connectivity index (χ1) is 16.2. The van der Waals surface area contributed by atoms with Gasteiger partial charge in [-0.1, -0.05) is 47.7 Å². The van der Waals surface area contributed by atoms with Crippen molar-refractivity contribution in [2.75, 3.05) is 5.01 Å². The number of fused-ring (bicyclic) bond motifs is 1. The fraction of sp³-hybridized carbons (Fsp3) is 0.0385. The van der Waals surface area contributed by atoms with E-state index in [4.69, 9.17) is 4.74 Å². The molecule has 0 N–H and O–H groups in total. The Hall–Kier alpha value is -3.81. The molecule has 0 atom stereocenters. The molecule has 0 saturated carbocycles. The number of rotatable bonds is 6. The molecule has 2 aromatic heterocycles. The van der Waals surface area contributed by atoms with Gasteiger partial charge in [0.15, 0.2) is 0 Å². The van der Waals surface area contributed by atoms with E-state index < -0.39 is 0 Å². The highest BCUT2D eigenvalue weighted by Gasteiger charge is 2.21. The lowest BCUT2D eigenvalue weighted by molar-refractivity contribution is 0.0987. The number of ether oxygens (including phenoxy) is 1. The maximum Gasteiger partial charge on any atom is 0.280 e. The number of aryl methyl sites for hydroxylation is 1. The van der Waals surface area contributed by atoms with Crippen LogP contribution in [0.25, 0.3) is 10.2 Å². The Balaban J connectivity index is 1.50. The maximum absolute atomic E-state index is 13.6. The number of nitrogens with zero attached hydrogens (tertiary/aromatic N) is 3. The van der Waals surface area contributed by atoms with Crippen LogP contribution in [0.1, 0.15) is 20.8 Å². The van der Waals surface area contributed by atoms with E-state index >= 15 is 0 Å². The fourth-order valence-electron chi connectivity index (χ4n) is 3.22. The summed E-state index contributed by atoms with van der Waals surface area (Å²) in [5.74, 6) is 1.00. The van der Waals surface area contributed by atoms with Gasteiger partial charge in [-0.2, -0.15) is 10.1 Å². The summed E-state index contributed by atoms with van der Waals surface area (Å²) in [5.41, 5.74) is 2.44. The van der Waals surface area contributed by atoms with E-state index in [-0.39, 0.29) is 5.91 Å². The van der Waals surface area contributed by atoms with E-state index in [9.17, 15) is 4.79 Å². The molecule has 0 radical (unpaired) electrons. The van der Waals surface area contributed by atoms with Gasteiger partial charge in [-0.15, -0.1) is 11.3 Å². The summed E-state index contributed by atoms with van der Waals surface area (Å²) in [6.07, 6.45) is 1.68. The van der Waals surface area contributed by atoms with E-state index in [0.717, 1.165) is 20.7 Å². The molecule has 5 rings (SSSR count). The molecule has 5 aromatic rings. The van der Waals surface area contributed by atoms with Crippen molar-refractivity contribution < 1.29 is 9.53 Å². The van der Waals surface area contributed by atoms with Crippen molar-refractivity contribution in [1.82, 2.24) is 4.98 Å². The molecule has 0 saturated heterocycles. The van der Waals surface area contributed by atoms with Gasteiger partial charge in [-0.25, -0.2) is 4.98 Å². The van der Waals surface area contributed by atoms with Crippen LogP contribution < -0.4 is 9.75 Å². The molecule has 1 amide bonds. The largest absolute Gasteiger partial charge is 0.457 e. The number of thiazole rings is 1. The summed E-state index contributed by atoms with van der Waals surface area (Å²) >= 11 is 2.99. The van der Waals surface area contributed by atoms with E-state index in [1.807, 2.05) is 73.0 Å². The molecule has 0 spiro atoms. The molecule has 0 fully saturated rings. The summed E-state index contributed by atoms with van der Waals surface area (Å²) < 4.78 is 6.92. The summed E-state index contributed by atoms with van der Waals surface area (Å²) in [4.78, 5) is 19.2. The fourth-order valence-corrected chi connectivity index (χ4v) is 4.82. The molecule has 0 bridgehead atoms. The number of aromatic nitrogens is 1. The normalized spacial score (nSPS) is 11.2. The van der Waals surface area contributed by atoms with Crippen LogP contribution in [0.3, 0.4) is 0 Å². The molecule has 162 valence electrons. The number of benzene rings is 3. The van der Waals surface area contributed by atoms with Crippen molar-refractivity contribution in [2.45, 2.75) is 6.92 Å². The van der Waals surface area contributed by atoms with Crippen LogP contribution in [0, 0.1) is 6.92 Å². The number of hydrazone groups is 1. The average Bonchev–Trinajstić information content (AvgIpc) is 3.49. The van der Waals surface area contributed by atoms with Crippen molar-refractivity contribution in [1.29, 1.82) is 0 Å². The maximum atomic E-state index is 13.6.